The normalized spacial score (nSPS) is 10.5. The highest BCUT2D eigenvalue weighted by Crippen LogP contribution is 2.19. The minimum atomic E-state index is -0.215. The number of nitrogens with two attached hydrogens (primary N) is 1. The van der Waals surface area contributed by atoms with Gasteiger partial charge in [0.05, 0.1) is 0 Å². The molecule has 0 aliphatic heterocycles. The van der Waals surface area contributed by atoms with E-state index in [0.717, 1.165) is 18.8 Å². The molecule has 0 aliphatic carbocycles. The molecular weight excluding hydrogens is 239 g/mol. The number of nitrogens with zero attached hydrogens (tertiary/aromatic N) is 1. The third kappa shape index (κ3) is 3.55. The fourth-order valence-electron chi connectivity index (χ4n) is 2.10. The van der Waals surface area contributed by atoms with Crippen LogP contribution >= 0.6 is 0 Å². The first-order valence-corrected chi connectivity index (χ1v) is 6.46. The van der Waals surface area contributed by atoms with Gasteiger partial charge in [0, 0.05) is 25.3 Å². The molecule has 0 radical (unpaired) electrons. The van der Waals surface area contributed by atoms with Crippen molar-refractivity contribution in [1.82, 2.24) is 0 Å². The molecule has 2 aromatic carbocycles. The molecule has 0 saturated carbocycles. The highest BCUT2D eigenvalue weighted by molar-refractivity contribution is 5.47. The van der Waals surface area contributed by atoms with Crippen molar-refractivity contribution in [2.45, 2.75) is 13.5 Å². The van der Waals surface area contributed by atoms with Crippen LogP contribution < -0.4 is 10.6 Å². The molecule has 0 amide bonds. The van der Waals surface area contributed by atoms with Crippen LogP contribution in [-0.2, 0) is 6.54 Å². The number of anilines is 1. The van der Waals surface area contributed by atoms with Crippen molar-refractivity contribution in [3.05, 3.63) is 65.5 Å². The first kappa shape index (κ1) is 13.6. The van der Waals surface area contributed by atoms with E-state index in [2.05, 4.69) is 24.0 Å². The molecule has 2 N–H and O–H groups in total. The van der Waals surface area contributed by atoms with Crippen molar-refractivity contribution in [1.29, 1.82) is 0 Å². The van der Waals surface area contributed by atoms with Gasteiger partial charge < -0.3 is 10.6 Å². The molecular formula is C16H19FN2. The molecule has 0 saturated heterocycles. The van der Waals surface area contributed by atoms with Crippen LogP contribution in [0.25, 0.3) is 0 Å². The monoisotopic (exact) mass is 258 g/mol. The number of benzene rings is 2. The van der Waals surface area contributed by atoms with E-state index in [1.807, 2.05) is 12.1 Å². The summed E-state index contributed by atoms with van der Waals surface area (Å²) < 4.78 is 13.0. The summed E-state index contributed by atoms with van der Waals surface area (Å²) >= 11 is 0. The molecule has 0 atom stereocenters. The molecule has 3 heteroatoms. The van der Waals surface area contributed by atoms with Gasteiger partial charge in [-0.25, -0.2) is 4.39 Å². The molecule has 0 unspecified atom stereocenters. The third-order valence-corrected chi connectivity index (χ3v) is 3.21. The minimum Gasteiger partial charge on any atom is -0.366 e. The van der Waals surface area contributed by atoms with Crippen LogP contribution in [0.2, 0.25) is 0 Å². The van der Waals surface area contributed by atoms with E-state index < -0.39 is 0 Å². The van der Waals surface area contributed by atoms with Crippen LogP contribution in [0.15, 0.2) is 48.5 Å². The second-order valence-electron chi connectivity index (χ2n) is 4.61. The molecule has 0 bridgehead atoms. The predicted octanol–water partition coefficient (Wildman–Crippen LogP) is 3.10. The summed E-state index contributed by atoms with van der Waals surface area (Å²) in [5.74, 6) is -0.215. The molecule has 2 rings (SSSR count). The molecule has 19 heavy (non-hydrogen) atoms. The summed E-state index contributed by atoms with van der Waals surface area (Å²) in [5.41, 5.74) is 9.19. The van der Waals surface area contributed by atoms with Gasteiger partial charge in [-0.1, -0.05) is 24.3 Å². The van der Waals surface area contributed by atoms with Crippen LogP contribution in [-0.4, -0.2) is 13.1 Å². The van der Waals surface area contributed by atoms with E-state index in [0.29, 0.717) is 6.54 Å². The second-order valence-corrected chi connectivity index (χ2v) is 4.61. The number of hydrogen-bond acceptors (Lipinski definition) is 2. The maximum atomic E-state index is 13.0. The van der Waals surface area contributed by atoms with Crippen LogP contribution in [0.4, 0.5) is 10.1 Å². The van der Waals surface area contributed by atoms with E-state index >= 15 is 0 Å². The van der Waals surface area contributed by atoms with Crippen molar-refractivity contribution < 1.29 is 4.39 Å². The van der Waals surface area contributed by atoms with Gasteiger partial charge in [-0.3, -0.25) is 0 Å². The van der Waals surface area contributed by atoms with Crippen molar-refractivity contribution in [2.24, 2.45) is 5.73 Å². The van der Waals surface area contributed by atoms with Gasteiger partial charge in [-0.05, 0) is 42.3 Å². The lowest BCUT2D eigenvalue weighted by Gasteiger charge is -2.25. The van der Waals surface area contributed by atoms with Crippen LogP contribution in [0, 0.1) is 12.7 Å². The van der Waals surface area contributed by atoms with Crippen molar-refractivity contribution in [3.8, 4) is 0 Å². The Morgan fingerprint density at radius 3 is 2.37 bits per heavy atom. The lowest BCUT2D eigenvalue weighted by atomic mass is 10.1. The Morgan fingerprint density at radius 2 is 1.74 bits per heavy atom. The highest BCUT2D eigenvalue weighted by atomic mass is 19.1. The largest absolute Gasteiger partial charge is 0.366 e. The molecule has 0 heterocycles. The van der Waals surface area contributed by atoms with E-state index in [4.69, 9.17) is 5.73 Å². The average Bonchev–Trinajstić information content (AvgIpc) is 2.42. The van der Waals surface area contributed by atoms with E-state index in [9.17, 15) is 4.39 Å². The Bertz CT molecular complexity index is 523. The Morgan fingerprint density at radius 1 is 1.05 bits per heavy atom. The third-order valence-electron chi connectivity index (χ3n) is 3.21. The highest BCUT2D eigenvalue weighted by Gasteiger charge is 2.08. The topological polar surface area (TPSA) is 29.3 Å². The van der Waals surface area contributed by atoms with Gasteiger partial charge in [0.1, 0.15) is 5.82 Å². The molecule has 0 spiro atoms. The zero-order valence-corrected chi connectivity index (χ0v) is 11.1. The fraction of sp³-hybridized carbons (Fsp3) is 0.250. The summed E-state index contributed by atoms with van der Waals surface area (Å²) in [4.78, 5) is 2.17. The van der Waals surface area contributed by atoms with Crippen LogP contribution in [0.1, 0.15) is 11.1 Å². The van der Waals surface area contributed by atoms with E-state index in [-0.39, 0.29) is 5.82 Å². The fourth-order valence-corrected chi connectivity index (χ4v) is 2.10. The maximum Gasteiger partial charge on any atom is 0.123 e. The second kappa shape index (κ2) is 6.34. The van der Waals surface area contributed by atoms with Crippen molar-refractivity contribution >= 4 is 5.69 Å². The van der Waals surface area contributed by atoms with E-state index in [1.54, 1.807) is 12.1 Å². The molecule has 100 valence electrons. The Kier molecular flexibility index (Phi) is 4.53. The number of hydrogen-bond donors (Lipinski definition) is 1. The van der Waals surface area contributed by atoms with Gasteiger partial charge in [-0.2, -0.15) is 0 Å². The summed E-state index contributed by atoms with van der Waals surface area (Å²) in [6, 6.07) is 14.8. The Balaban J connectivity index is 2.21. The molecule has 0 aliphatic rings. The van der Waals surface area contributed by atoms with Gasteiger partial charge in [0.2, 0.25) is 0 Å². The minimum absolute atomic E-state index is 0.215. The molecule has 0 fully saturated rings. The van der Waals surface area contributed by atoms with Crippen LogP contribution in [0.5, 0.6) is 0 Å². The zero-order chi connectivity index (χ0) is 13.7. The lowest BCUT2D eigenvalue weighted by Crippen LogP contribution is -2.29. The molecule has 0 aromatic heterocycles. The Hall–Kier alpha value is -1.87. The lowest BCUT2D eigenvalue weighted by molar-refractivity contribution is 0.627. The average molecular weight is 258 g/mol. The number of rotatable bonds is 5. The maximum absolute atomic E-state index is 13.0. The molecule has 2 aromatic rings. The number of halogens is 1. The van der Waals surface area contributed by atoms with Crippen molar-refractivity contribution in [2.75, 3.05) is 18.0 Å². The van der Waals surface area contributed by atoms with Gasteiger partial charge >= 0.3 is 0 Å². The summed E-state index contributed by atoms with van der Waals surface area (Å²) in [6.07, 6.45) is 0. The standard InChI is InChI=1S/C16H19FN2/c1-13-4-2-3-5-14(13)12-19(11-10-18)16-8-6-15(17)7-9-16/h2-9H,10-12,18H2,1H3. The van der Waals surface area contributed by atoms with Gasteiger partial charge in [0.25, 0.3) is 0 Å². The molecule has 2 nitrogen and oxygen atoms in total. The first-order chi connectivity index (χ1) is 9.20. The zero-order valence-electron chi connectivity index (χ0n) is 11.1. The predicted molar refractivity (Wildman–Crippen MR) is 77.7 cm³/mol. The Labute approximate surface area is 113 Å². The summed E-state index contributed by atoms with van der Waals surface area (Å²) in [5, 5.41) is 0. The van der Waals surface area contributed by atoms with Gasteiger partial charge in [0.15, 0.2) is 0 Å². The van der Waals surface area contributed by atoms with Crippen molar-refractivity contribution in [3.63, 3.8) is 0 Å². The SMILES string of the molecule is Cc1ccccc1CN(CCN)c1ccc(F)cc1. The van der Waals surface area contributed by atoms with E-state index in [1.165, 1.54) is 23.3 Å². The quantitative estimate of drug-likeness (QED) is 0.893. The first-order valence-electron chi connectivity index (χ1n) is 6.46. The number of aryl methyl sites for hydroxylation is 1. The van der Waals surface area contributed by atoms with Gasteiger partial charge in [-0.15, -0.1) is 0 Å². The summed E-state index contributed by atoms with van der Waals surface area (Å²) in [6.45, 7) is 4.21. The smallest absolute Gasteiger partial charge is 0.123 e. The van der Waals surface area contributed by atoms with Crippen LogP contribution in [0.3, 0.4) is 0 Å². The summed E-state index contributed by atoms with van der Waals surface area (Å²) in [7, 11) is 0.